The fraction of sp³-hybridized carbons (Fsp3) is 0.433. The molecule has 2 N–H and O–H groups in total. The van der Waals surface area contributed by atoms with Crippen LogP contribution in [0.1, 0.15) is 63.1 Å². The third kappa shape index (κ3) is 9.65. The molecule has 7 heteroatoms. The second kappa shape index (κ2) is 15.6. The number of rotatable bonds is 12. The highest BCUT2D eigenvalue weighted by Crippen LogP contribution is 2.36. The Hall–Kier alpha value is -2.61. The van der Waals surface area contributed by atoms with E-state index < -0.39 is 11.9 Å². The van der Waals surface area contributed by atoms with E-state index in [1.807, 2.05) is 45.0 Å². The molecule has 0 saturated carbocycles. The molecule has 1 aromatic carbocycles. The molecule has 0 amide bonds. The van der Waals surface area contributed by atoms with Crippen molar-refractivity contribution < 1.29 is 15.0 Å². The highest BCUT2D eigenvalue weighted by atomic mass is 32.1. The quantitative estimate of drug-likeness (QED) is 0.260. The maximum atomic E-state index is 12.5. The van der Waals surface area contributed by atoms with Crippen molar-refractivity contribution in [2.24, 2.45) is 11.8 Å². The van der Waals surface area contributed by atoms with Crippen LogP contribution >= 0.6 is 22.7 Å². The number of carbonyl (C=O) groups is 1. The maximum absolute atomic E-state index is 12.5. The summed E-state index contributed by atoms with van der Waals surface area (Å²) in [5.41, 5.74) is 1.73. The molecule has 0 saturated heterocycles. The minimum absolute atomic E-state index is 0.0340. The monoisotopic (exact) mass is 542 g/mol. The Kier molecular flexibility index (Phi) is 12.9. The molecule has 0 bridgehead atoms. The molecule has 3 rings (SSSR count). The second-order valence-corrected chi connectivity index (χ2v) is 11.4. The summed E-state index contributed by atoms with van der Waals surface area (Å²) >= 11 is 3.14. The molecule has 3 aromatic rings. The van der Waals surface area contributed by atoms with Crippen molar-refractivity contribution in [1.82, 2.24) is 0 Å². The van der Waals surface area contributed by atoms with Crippen molar-refractivity contribution >= 4 is 28.6 Å². The van der Waals surface area contributed by atoms with Crippen LogP contribution in [0.2, 0.25) is 0 Å². The molecule has 0 spiro atoms. The number of carboxylic acids is 1. The van der Waals surface area contributed by atoms with Crippen LogP contribution in [0, 0.1) is 11.8 Å². The van der Waals surface area contributed by atoms with Gasteiger partial charge in [-0.25, -0.2) is 0 Å². The van der Waals surface area contributed by atoms with Gasteiger partial charge < -0.3 is 10.2 Å². The number of benzene rings is 1. The van der Waals surface area contributed by atoms with Crippen LogP contribution < -0.4 is 10.9 Å². The van der Waals surface area contributed by atoms with E-state index in [-0.39, 0.29) is 23.4 Å². The van der Waals surface area contributed by atoms with Gasteiger partial charge in [0.25, 0.3) is 0 Å². The number of hydrogen-bond donors (Lipinski definition) is 2. The van der Waals surface area contributed by atoms with E-state index in [4.69, 9.17) is 5.11 Å². The van der Waals surface area contributed by atoms with Crippen molar-refractivity contribution in [2.45, 2.75) is 66.2 Å². The summed E-state index contributed by atoms with van der Waals surface area (Å²) in [5, 5.41) is 18.3. The number of aliphatic carboxylic acids is 1. The van der Waals surface area contributed by atoms with Gasteiger partial charge >= 0.3 is 5.97 Å². The van der Waals surface area contributed by atoms with E-state index in [0.717, 1.165) is 49.9 Å². The van der Waals surface area contributed by atoms with Crippen LogP contribution in [0.5, 0.6) is 0 Å². The van der Waals surface area contributed by atoms with Crippen LogP contribution in [0.25, 0.3) is 20.9 Å². The summed E-state index contributed by atoms with van der Waals surface area (Å²) in [4.78, 5) is 39.7. The Bertz CT molecular complexity index is 1260. The summed E-state index contributed by atoms with van der Waals surface area (Å²) in [7, 11) is 0. The Morgan fingerprint density at radius 3 is 1.70 bits per heavy atom. The van der Waals surface area contributed by atoms with Crippen molar-refractivity contribution in [2.75, 3.05) is 6.61 Å². The number of aryl methyl sites for hydroxylation is 2. The Morgan fingerprint density at radius 1 is 0.811 bits per heavy atom. The molecule has 2 unspecified atom stereocenters. The van der Waals surface area contributed by atoms with E-state index >= 15 is 0 Å². The molecule has 2 aromatic heterocycles. The number of aliphatic hydroxyl groups excluding tert-OH is 1. The van der Waals surface area contributed by atoms with E-state index in [0.29, 0.717) is 19.3 Å². The topological polar surface area (TPSA) is 91.7 Å². The Morgan fingerprint density at radius 2 is 1.27 bits per heavy atom. The van der Waals surface area contributed by atoms with Crippen molar-refractivity contribution in [1.29, 1.82) is 0 Å². The summed E-state index contributed by atoms with van der Waals surface area (Å²) < 4.78 is 0. The minimum atomic E-state index is -0.801. The lowest BCUT2D eigenvalue weighted by Gasteiger charge is -2.12. The van der Waals surface area contributed by atoms with Crippen LogP contribution in [0.15, 0.2) is 58.1 Å². The molecule has 0 aliphatic rings. The molecular weight excluding hydrogens is 504 g/mol. The first kappa shape index (κ1) is 30.6. The van der Waals surface area contributed by atoms with Crippen LogP contribution in [-0.2, 0) is 17.6 Å². The molecule has 0 radical (unpaired) electrons. The largest absolute Gasteiger partial charge is 0.481 e. The number of hydrogen-bond acceptors (Lipinski definition) is 6. The van der Waals surface area contributed by atoms with Gasteiger partial charge in [0.05, 0.1) is 5.92 Å². The maximum Gasteiger partial charge on any atom is 0.306 e. The standard InChI is InChI=1S/C28H32O5S2.C2H6/c1-18(17-29)7-5-9-22-13-20(30)15-26(34-22)24-11-3-4-12-25(24)27-16-21(31)14-23(35-27)10-6-8-19(2)28(32)33;1-2/h3-4,11-16,18-19,29H,5-10,17H2,1-2H3,(H,32,33);1-2H3. The van der Waals surface area contributed by atoms with Gasteiger partial charge in [-0.2, -0.15) is 0 Å². The highest BCUT2D eigenvalue weighted by Gasteiger charge is 2.14. The molecular formula is C30H38O5S2. The second-order valence-electron chi connectivity index (χ2n) is 9.10. The summed E-state index contributed by atoms with van der Waals surface area (Å²) in [6.45, 7) is 7.88. The van der Waals surface area contributed by atoms with Crippen molar-refractivity contribution in [3.8, 4) is 20.9 Å². The van der Waals surface area contributed by atoms with Gasteiger partial charge in [-0.1, -0.05) is 52.0 Å². The normalized spacial score (nSPS) is 12.4. The first-order valence-electron chi connectivity index (χ1n) is 13.0. The predicted octanol–water partition coefficient (Wildman–Crippen LogP) is 6.88. The highest BCUT2D eigenvalue weighted by molar-refractivity contribution is 7.16. The molecule has 37 heavy (non-hydrogen) atoms. The molecule has 200 valence electrons. The molecule has 5 nitrogen and oxygen atoms in total. The van der Waals surface area contributed by atoms with Crippen LogP contribution in [0.4, 0.5) is 0 Å². The van der Waals surface area contributed by atoms with Crippen molar-refractivity contribution in [3.05, 3.63) is 78.7 Å². The molecule has 2 atom stereocenters. The number of carboxylic acid groups (broad SMARTS) is 1. The van der Waals surface area contributed by atoms with Crippen molar-refractivity contribution in [3.63, 3.8) is 0 Å². The van der Waals surface area contributed by atoms with E-state index in [1.54, 1.807) is 53.9 Å². The lowest BCUT2D eigenvalue weighted by Crippen LogP contribution is -2.09. The van der Waals surface area contributed by atoms with Gasteiger partial charge in [-0.3, -0.25) is 14.4 Å². The van der Waals surface area contributed by atoms with Gasteiger partial charge in [0.1, 0.15) is 0 Å². The van der Waals surface area contributed by atoms with E-state index in [2.05, 4.69) is 0 Å². The first-order chi connectivity index (χ1) is 17.8. The Balaban J connectivity index is 0.00000235. The van der Waals surface area contributed by atoms with Crippen LogP contribution in [-0.4, -0.2) is 22.8 Å². The minimum Gasteiger partial charge on any atom is -0.481 e. The molecule has 0 fully saturated rings. The summed E-state index contributed by atoms with van der Waals surface area (Å²) in [6, 6.07) is 14.4. The van der Waals surface area contributed by atoms with E-state index in [1.165, 1.54) is 0 Å². The summed E-state index contributed by atoms with van der Waals surface area (Å²) in [5.74, 6) is -0.958. The van der Waals surface area contributed by atoms with Gasteiger partial charge in [0.2, 0.25) is 0 Å². The lowest BCUT2D eigenvalue weighted by molar-refractivity contribution is -0.141. The fourth-order valence-corrected chi connectivity index (χ4v) is 6.24. The third-order valence-corrected chi connectivity index (χ3v) is 8.29. The van der Waals surface area contributed by atoms with Gasteiger partial charge in [0, 0.05) is 49.4 Å². The lowest BCUT2D eigenvalue weighted by atomic mass is 10.0. The predicted molar refractivity (Wildman–Crippen MR) is 156 cm³/mol. The average molecular weight is 543 g/mol. The first-order valence-corrected chi connectivity index (χ1v) is 14.6. The van der Waals surface area contributed by atoms with Crippen LogP contribution in [0.3, 0.4) is 0 Å². The third-order valence-electron chi connectivity index (χ3n) is 6.01. The molecule has 0 aliphatic carbocycles. The SMILES string of the molecule is CC.CC(CO)CCCc1cc(=O)cc(-c2ccccc2-c2cc(=O)cc(CCCC(C)C(=O)O)s2)s1. The van der Waals surface area contributed by atoms with Gasteiger partial charge in [-0.05, 0) is 56.6 Å². The zero-order valence-corrected chi connectivity index (χ0v) is 23.8. The zero-order chi connectivity index (χ0) is 27.4. The number of aliphatic hydroxyl groups is 1. The van der Waals surface area contributed by atoms with E-state index in [9.17, 15) is 19.5 Å². The summed E-state index contributed by atoms with van der Waals surface area (Å²) in [6.07, 6.45) is 4.53. The zero-order valence-electron chi connectivity index (χ0n) is 22.2. The van der Waals surface area contributed by atoms with Gasteiger partial charge in [-0.15, -0.1) is 22.7 Å². The smallest absolute Gasteiger partial charge is 0.306 e. The molecule has 0 aliphatic heterocycles. The Labute approximate surface area is 227 Å². The fourth-order valence-electron chi connectivity index (χ4n) is 3.91. The molecule has 2 heterocycles. The van der Waals surface area contributed by atoms with Gasteiger partial charge in [0.15, 0.2) is 10.9 Å². The average Bonchev–Trinajstić information content (AvgIpc) is 2.89.